The Balaban J connectivity index is 0.000000226. The Kier molecular flexibility index (Phi) is 10.7. The minimum Gasteiger partial charge on any atom is -0.489 e. The summed E-state index contributed by atoms with van der Waals surface area (Å²) in [4.78, 5) is 89.4. The number of carbonyl (C=O) groups is 6. The van der Waals surface area contributed by atoms with Crippen LogP contribution in [0.15, 0.2) is 77.8 Å². The topological polar surface area (TPSA) is 176 Å². The number of nitrogens with one attached hydrogen (secondary N) is 3. The summed E-state index contributed by atoms with van der Waals surface area (Å²) >= 11 is 0. The maximum Gasteiger partial charge on any atom is 0.328 e. The van der Waals surface area contributed by atoms with Crippen LogP contribution in [0.2, 0.25) is 0 Å². The predicted molar refractivity (Wildman–Crippen MR) is 212 cm³/mol. The molecule has 0 spiro atoms. The molecular weight excluding hydrogens is 743 g/mol. The monoisotopic (exact) mass is 789 g/mol. The zero-order chi connectivity index (χ0) is 40.6. The number of ether oxygens (including phenoxy) is 1. The number of amides is 5. The molecule has 5 fully saturated rings. The van der Waals surface area contributed by atoms with E-state index < -0.39 is 23.4 Å². The van der Waals surface area contributed by atoms with Crippen LogP contribution in [0.1, 0.15) is 29.7 Å². The van der Waals surface area contributed by atoms with Gasteiger partial charge in [-0.3, -0.25) is 44.5 Å². The number of rotatable bonds is 12. The number of benzene rings is 2. The first-order chi connectivity index (χ1) is 28.1. The SMILES string of the molecule is CNC(=O)CCCN1CCN(C2(c3ccc(OCc4cc(C)nc5ccccc45)cc3)C(=O)NC(=O)NC2=O)CC1.O=C1C=C(N2CC2)C(=O)C(N2CC2)=C1N1CC1. The molecule has 0 unspecified atom stereocenters. The van der Waals surface area contributed by atoms with E-state index in [0.717, 1.165) is 74.4 Å². The summed E-state index contributed by atoms with van der Waals surface area (Å²) in [5, 5.41) is 8.24. The second-order valence-corrected chi connectivity index (χ2v) is 15.2. The van der Waals surface area contributed by atoms with Gasteiger partial charge in [0.05, 0.1) is 11.2 Å². The molecule has 0 atom stereocenters. The van der Waals surface area contributed by atoms with E-state index in [1.54, 1.807) is 31.3 Å². The van der Waals surface area contributed by atoms with Gasteiger partial charge in [-0.25, -0.2) is 4.79 Å². The van der Waals surface area contributed by atoms with Gasteiger partial charge in [-0.1, -0.05) is 30.3 Å². The zero-order valence-corrected chi connectivity index (χ0v) is 32.7. The average molecular weight is 790 g/mol. The average Bonchev–Trinajstić information content (AvgIpc) is 4.04. The Bertz CT molecular complexity index is 2210. The third kappa shape index (κ3) is 7.89. The number of hydrogen-bond acceptors (Lipinski definition) is 13. The third-order valence-corrected chi connectivity index (χ3v) is 11.2. The summed E-state index contributed by atoms with van der Waals surface area (Å²) in [5.41, 5.74) is 3.45. The first kappa shape index (κ1) is 38.7. The molecule has 16 nitrogen and oxygen atoms in total. The quantitative estimate of drug-likeness (QED) is 0.135. The maximum absolute atomic E-state index is 13.4. The first-order valence-electron chi connectivity index (χ1n) is 19.8. The molecule has 2 aromatic carbocycles. The number of fused-ring (bicyclic) bond motifs is 1. The van der Waals surface area contributed by atoms with E-state index in [9.17, 15) is 28.8 Å². The van der Waals surface area contributed by atoms with Crippen molar-refractivity contribution in [2.75, 3.05) is 79.0 Å². The molecule has 16 heteroatoms. The van der Waals surface area contributed by atoms with Crippen LogP contribution in [0, 0.1) is 6.92 Å². The molecule has 6 heterocycles. The van der Waals surface area contributed by atoms with Crippen LogP contribution < -0.4 is 20.7 Å². The number of imide groups is 2. The van der Waals surface area contributed by atoms with Crippen LogP contribution in [0.4, 0.5) is 4.79 Å². The smallest absolute Gasteiger partial charge is 0.328 e. The molecular formula is C42H47N9O7. The molecule has 58 heavy (non-hydrogen) atoms. The number of hydrogen-bond donors (Lipinski definition) is 3. The van der Waals surface area contributed by atoms with E-state index in [1.807, 2.05) is 56.9 Å². The number of aromatic nitrogens is 1. The molecule has 3 aromatic rings. The summed E-state index contributed by atoms with van der Waals surface area (Å²) in [6.07, 6.45) is 2.69. The van der Waals surface area contributed by atoms with Crippen LogP contribution in [0.3, 0.4) is 0 Å². The minimum absolute atomic E-state index is 0.000489. The van der Waals surface area contributed by atoms with E-state index in [4.69, 9.17) is 4.74 Å². The second kappa shape index (κ2) is 16.0. The van der Waals surface area contributed by atoms with Crippen LogP contribution in [0.25, 0.3) is 10.9 Å². The Morgan fingerprint density at radius 1 is 0.810 bits per heavy atom. The summed E-state index contributed by atoms with van der Waals surface area (Å²) in [5.74, 6) is -0.721. The minimum atomic E-state index is -1.70. The van der Waals surface area contributed by atoms with Crippen LogP contribution in [-0.4, -0.2) is 144 Å². The van der Waals surface area contributed by atoms with Gasteiger partial charge < -0.3 is 29.7 Å². The van der Waals surface area contributed by atoms with Crippen molar-refractivity contribution in [3.05, 3.63) is 94.6 Å². The summed E-state index contributed by atoms with van der Waals surface area (Å²) in [7, 11) is 1.62. The highest BCUT2D eigenvalue weighted by Gasteiger charge is 2.56. The van der Waals surface area contributed by atoms with Gasteiger partial charge in [-0.05, 0) is 49.7 Å². The molecule has 3 N–H and O–H groups in total. The molecule has 5 saturated heterocycles. The van der Waals surface area contributed by atoms with Crippen LogP contribution in [0.5, 0.6) is 5.75 Å². The molecule has 5 aliphatic heterocycles. The van der Waals surface area contributed by atoms with Gasteiger partial charge in [-0.2, -0.15) is 0 Å². The number of para-hydroxylation sites is 1. The van der Waals surface area contributed by atoms with Gasteiger partial charge in [0.15, 0.2) is 0 Å². The number of allylic oxidation sites excluding steroid dienone is 1. The maximum atomic E-state index is 13.4. The fourth-order valence-corrected chi connectivity index (χ4v) is 7.89. The van der Waals surface area contributed by atoms with Gasteiger partial charge in [0.2, 0.25) is 23.0 Å². The molecule has 6 aliphatic rings. The molecule has 302 valence electrons. The number of Topliss-reactive ketones (excluding diaryl/α,β-unsaturated/α-hetero) is 1. The lowest BCUT2D eigenvalue weighted by Gasteiger charge is -2.46. The number of barbiturate groups is 1. The summed E-state index contributed by atoms with van der Waals surface area (Å²) in [6.45, 7) is 10.5. The molecule has 1 aliphatic carbocycles. The highest BCUT2D eigenvalue weighted by Crippen LogP contribution is 2.35. The largest absolute Gasteiger partial charge is 0.489 e. The van der Waals surface area contributed by atoms with E-state index in [0.29, 0.717) is 67.6 Å². The van der Waals surface area contributed by atoms with Crippen LogP contribution >= 0.6 is 0 Å². The standard InChI is InChI=1S/C30H34N6O5.C12H13N3O2/c1-20-18-21(24-6-3-4-7-25(24)32-20)19-41-23-11-9-22(10-12-23)30(27(38)33-29(40)34-28(30)39)36-16-14-35(15-17-36)13-5-8-26(37)31-2;16-9-7-8(13-1-2-13)12(17)11(15-5-6-15)10(9)14-3-4-14/h3-4,6-7,9-12,18H,5,8,13-17,19H2,1-2H3,(H,31,37)(H2,33,34,38,39,40);7H,1-6H2. The fourth-order valence-electron chi connectivity index (χ4n) is 7.89. The number of ketones is 2. The van der Waals surface area contributed by atoms with Gasteiger partial charge in [0, 0.05) is 102 Å². The predicted octanol–water partition coefficient (Wildman–Crippen LogP) is 1.01. The molecule has 1 aromatic heterocycles. The second-order valence-electron chi connectivity index (χ2n) is 15.2. The van der Waals surface area contributed by atoms with E-state index >= 15 is 0 Å². The highest BCUT2D eigenvalue weighted by molar-refractivity contribution is 6.23. The van der Waals surface area contributed by atoms with Crippen molar-refractivity contribution in [2.24, 2.45) is 0 Å². The van der Waals surface area contributed by atoms with Crippen LogP contribution in [-0.2, 0) is 36.1 Å². The summed E-state index contributed by atoms with van der Waals surface area (Å²) < 4.78 is 6.09. The Hall–Kier alpha value is -6.13. The molecule has 0 saturated carbocycles. The van der Waals surface area contributed by atoms with Crippen molar-refractivity contribution in [2.45, 2.75) is 31.9 Å². The van der Waals surface area contributed by atoms with Crippen molar-refractivity contribution in [1.29, 1.82) is 0 Å². The lowest BCUT2D eigenvalue weighted by molar-refractivity contribution is -0.150. The van der Waals surface area contributed by atoms with Crippen molar-refractivity contribution >= 4 is 46.2 Å². The number of pyridine rings is 1. The van der Waals surface area contributed by atoms with E-state index in [1.165, 1.54) is 6.08 Å². The Morgan fingerprint density at radius 2 is 1.45 bits per heavy atom. The molecule has 9 rings (SSSR count). The molecule has 0 radical (unpaired) electrons. The number of nitrogens with zero attached hydrogens (tertiary/aromatic N) is 6. The normalized spacial score (nSPS) is 20.3. The van der Waals surface area contributed by atoms with E-state index in [-0.39, 0.29) is 17.5 Å². The molecule has 5 amide bonds. The lowest BCUT2D eigenvalue weighted by Crippen LogP contribution is -2.72. The van der Waals surface area contributed by atoms with Crippen molar-refractivity contribution in [3.63, 3.8) is 0 Å². The Labute approximate surface area is 335 Å². The molecule has 0 bridgehead atoms. The number of aryl methyl sites for hydroxylation is 1. The van der Waals surface area contributed by atoms with Gasteiger partial charge in [0.1, 0.15) is 23.8 Å². The highest BCUT2D eigenvalue weighted by atomic mass is 16.5. The van der Waals surface area contributed by atoms with Crippen molar-refractivity contribution in [1.82, 2.24) is 45.4 Å². The van der Waals surface area contributed by atoms with Crippen molar-refractivity contribution < 1.29 is 33.5 Å². The summed E-state index contributed by atoms with van der Waals surface area (Å²) in [6, 6.07) is 15.9. The third-order valence-electron chi connectivity index (χ3n) is 11.2. The first-order valence-corrected chi connectivity index (χ1v) is 19.8. The number of piperazine rings is 1. The number of urea groups is 1. The van der Waals surface area contributed by atoms with Gasteiger partial charge in [0.25, 0.3) is 11.8 Å². The lowest BCUT2D eigenvalue weighted by atomic mass is 9.84. The zero-order valence-electron chi connectivity index (χ0n) is 32.7. The van der Waals surface area contributed by atoms with Gasteiger partial charge >= 0.3 is 6.03 Å². The van der Waals surface area contributed by atoms with Crippen molar-refractivity contribution in [3.8, 4) is 5.75 Å². The van der Waals surface area contributed by atoms with Gasteiger partial charge in [-0.15, -0.1) is 0 Å². The number of carbonyl (C=O) groups excluding carboxylic acids is 6. The fraction of sp³-hybridized carbons (Fsp3) is 0.405. The van der Waals surface area contributed by atoms with E-state index in [2.05, 4.69) is 25.8 Å². The Morgan fingerprint density at radius 3 is 2.09 bits per heavy atom.